The molecule has 2 amide bonds. The zero-order valence-electron chi connectivity index (χ0n) is 23.4. The molecule has 0 aliphatic carbocycles. The van der Waals surface area contributed by atoms with Gasteiger partial charge in [-0.2, -0.15) is 18.3 Å². The van der Waals surface area contributed by atoms with E-state index in [0.717, 1.165) is 23.4 Å². The van der Waals surface area contributed by atoms with Crippen LogP contribution in [0.1, 0.15) is 45.6 Å². The van der Waals surface area contributed by atoms with Crippen molar-refractivity contribution in [2.45, 2.75) is 31.6 Å². The van der Waals surface area contributed by atoms with Crippen molar-refractivity contribution in [2.24, 2.45) is 0 Å². The Kier molecular flexibility index (Phi) is 7.79. The fourth-order valence-corrected chi connectivity index (χ4v) is 5.41. The van der Waals surface area contributed by atoms with Gasteiger partial charge in [0.05, 0.1) is 16.9 Å². The average Bonchev–Trinajstić information content (AvgIpc) is 3.31. The summed E-state index contributed by atoms with van der Waals surface area (Å²) in [5, 5.41) is 7.73. The van der Waals surface area contributed by atoms with Crippen LogP contribution in [-0.4, -0.2) is 53.2 Å². The van der Waals surface area contributed by atoms with Crippen LogP contribution in [0.4, 0.5) is 24.7 Å². The van der Waals surface area contributed by atoms with Crippen LogP contribution in [-0.2, 0) is 17.5 Å². The topological polar surface area (TPSA) is 96.5 Å². The Labute approximate surface area is 241 Å². The number of fused-ring (bicyclic) bond motifs is 1. The number of anilines is 2. The number of likely N-dealkylation sites (N-methyl/N-ethyl adjacent to an activating group) is 1. The number of aromatic nitrogens is 2. The van der Waals surface area contributed by atoms with Gasteiger partial charge < -0.3 is 16.0 Å². The normalized spacial score (nSPS) is 16.9. The summed E-state index contributed by atoms with van der Waals surface area (Å²) in [5.74, 6) is -1.35. The van der Waals surface area contributed by atoms with Gasteiger partial charge in [0.2, 0.25) is 0 Å². The van der Waals surface area contributed by atoms with E-state index in [-0.39, 0.29) is 12.1 Å². The van der Waals surface area contributed by atoms with E-state index in [1.807, 2.05) is 62.3 Å². The van der Waals surface area contributed by atoms with Gasteiger partial charge in [-0.25, -0.2) is 4.68 Å². The van der Waals surface area contributed by atoms with Crippen LogP contribution >= 0.6 is 0 Å². The minimum absolute atomic E-state index is 0.203. The second-order valence-corrected chi connectivity index (χ2v) is 10.4. The molecule has 3 N–H and O–H groups in total. The average molecular weight is 577 g/mol. The second-order valence-electron chi connectivity index (χ2n) is 10.4. The third kappa shape index (κ3) is 5.47. The molecule has 3 aromatic carbocycles. The molecule has 0 unspecified atom stereocenters. The Hall–Kier alpha value is -4.64. The molecule has 1 aliphatic rings. The van der Waals surface area contributed by atoms with Gasteiger partial charge in [-0.1, -0.05) is 36.4 Å². The van der Waals surface area contributed by atoms with Crippen molar-refractivity contribution >= 4 is 23.3 Å². The van der Waals surface area contributed by atoms with E-state index >= 15 is 0 Å². The maximum Gasteiger partial charge on any atom is 0.416 e. The van der Waals surface area contributed by atoms with E-state index in [2.05, 4.69) is 5.32 Å². The van der Waals surface area contributed by atoms with Crippen LogP contribution in [0.3, 0.4) is 0 Å². The molecule has 2 atom stereocenters. The Morgan fingerprint density at radius 2 is 1.74 bits per heavy atom. The van der Waals surface area contributed by atoms with Crippen LogP contribution < -0.4 is 16.0 Å². The number of halogens is 3. The molecule has 5 rings (SSSR count). The minimum Gasteiger partial charge on any atom is -0.399 e. The third-order valence-electron chi connectivity index (χ3n) is 7.20. The van der Waals surface area contributed by atoms with Gasteiger partial charge in [-0.15, -0.1) is 0 Å². The molecule has 0 saturated carbocycles. The fourth-order valence-electron chi connectivity index (χ4n) is 5.41. The second kappa shape index (κ2) is 11.3. The van der Waals surface area contributed by atoms with Crippen LogP contribution in [0.5, 0.6) is 0 Å². The van der Waals surface area contributed by atoms with Gasteiger partial charge in [-0.05, 0) is 69.0 Å². The monoisotopic (exact) mass is 576 g/mol. The Morgan fingerprint density at radius 3 is 2.38 bits per heavy atom. The molecule has 0 spiro atoms. The predicted molar refractivity (Wildman–Crippen MR) is 154 cm³/mol. The SMILES string of the molecule is CCN1C(=O)[C@H](NC(=O)c2cccc(C(F)(F)F)c2)[C@@H](c2cccc(N)c2)c2c(CN(C)C)nn(-c3ccccc3)c21. The molecule has 8 nitrogen and oxygen atoms in total. The lowest BCUT2D eigenvalue weighted by Crippen LogP contribution is -2.55. The summed E-state index contributed by atoms with van der Waals surface area (Å²) < 4.78 is 42.0. The number of nitrogens with one attached hydrogen (secondary N) is 1. The number of alkyl halides is 3. The van der Waals surface area contributed by atoms with Crippen molar-refractivity contribution < 1.29 is 22.8 Å². The van der Waals surface area contributed by atoms with E-state index in [1.54, 1.807) is 27.8 Å². The van der Waals surface area contributed by atoms with Crippen molar-refractivity contribution in [1.82, 2.24) is 20.0 Å². The van der Waals surface area contributed by atoms with E-state index in [9.17, 15) is 22.8 Å². The number of nitrogens with two attached hydrogens (primary N) is 1. The molecule has 1 aromatic heterocycles. The quantitative estimate of drug-likeness (QED) is 0.307. The fraction of sp³-hybridized carbons (Fsp3) is 0.258. The van der Waals surface area contributed by atoms with E-state index in [1.165, 1.54) is 12.1 Å². The third-order valence-corrected chi connectivity index (χ3v) is 7.20. The molecule has 1 aliphatic heterocycles. The first kappa shape index (κ1) is 28.9. The number of amides is 2. The van der Waals surface area contributed by atoms with Crippen molar-refractivity contribution in [1.29, 1.82) is 0 Å². The highest BCUT2D eigenvalue weighted by Gasteiger charge is 2.46. The predicted octanol–water partition coefficient (Wildman–Crippen LogP) is 4.83. The number of rotatable bonds is 7. The van der Waals surface area contributed by atoms with Gasteiger partial charge in [-0.3, -0.25) is 14.5 Å². The molecule has 11 heteroatoms. The number of carbonyl (C=O) groups is 2. The lowest BCUT2D eigenvalue weighted by molar-refractivity contribution is -0.137. The number of carbonyl (C=O) groups excluding carboxylic acids is 2. The molecule has 0 fully saturated rings. The molecular formula is C31H31F3N6O2. The highest BCUT2D eigenvalue weighted by molar-refractivity contribution is 6.05. The molecule has 0 saturated heterocycles. The summed E-state index contributed by atoms with van der Waals surface area (Å²) in [4.78, 5) is 31.2. The van der Waals surface area contributed by atoms with E-state index in [0.29, 0.717) is 29.3 Å². The Bertz CT molecular complexity index is 1620. The molecule has 218 valence electrons. The van der Waals surface area contributed by atoms with Crippen molar-refractivity contribution in [3.63, 3.8) is 0 Å². The van der Waals surface area contributed by atoms with Gasteiger partial charge in [0.1, 0.15) is 11.9 Å². The summed E-state index contributed by atoms with van der Waals surface area (Å²) in [7, 11) is 3.81. The van der Waals surface area contributed by atoms with Crippen LogP contribution in [0.2, 0.25) is 0 Å². The Balaban J connectivity index is 1.71. The first-order chi connectivity index (χ1) is 20.0. The first-order valence-corrected chi connectivity index (χ1v) is 13.5. The number of nitrogen functional groups attached to an aromatic ring is 1. The maximum atomic E-state index is 14.2. The van der Waals surface area contributed by atoms with Crippen LogP contribution in [0, 0.1) is 0 Å². The highest BCUT2D eigenvalue weighted by Crippen LogP contribution is 2.44. The molecule has 0 radical (unpaired) electrons. The zero-order valence-corrected chi connectivity index (χ0v) is 23.4. The summed E-state index contributed by atoms with van der Waals surface area (Å²) in [6.45, 7) is 2.52. The number of hydrogen-bond acceptors (Lipinski definition) is 5. The van der Waals surface area contributed by atoms with Crippen LogP contribution in [0.25, 0.3) is 5.69 Å². The highest BCUT2D eigenvalue weighted by atomic mass is 19.4. The standard InChI is InChI=1S/C31H31F3N6O2/c1-4-39-29-26(24(18-38(2)3)37-40(29)23-14-6-5-7-15-23)25(19-10-9-13-22(35)17-19)27(30(39)42)36-28(41)20-11-8-12-21(16-20)31(32,33)34/h5-17,25,27H,4,18,35H2,1-3H3,(H,36,41)/t25-,27+/m0/s1. The van der Waals surface area contributed by atoms with E-state index < -0.39 is 35.5 Å². The van der Waals surface area contributed by atoms with Crippen molar-refractivity contribution in [3.8, 4) is 5.69 Å². The summed E-state index contributed by atoms with van der Waals surface area (Å²) >= 11 is 0. The lowest BCUT2D eigenvalue weighted by atomic mass is 9.80. The summed E-state index contributed by atoms with van der Waals surface area (Å²) in [6, 6.07) is 19.5. The molecule has 0 bridgehead atoms. The van der Waals surface area contributed by atoms with Gasteiger partial charge in [0.15, 0.2) is 0 Å². The lowest BCUT2D eigenvalue weighted by Gasteiger charge is -2.38. The zero-order chi connectivity index (χ0) is 30.2. The molecule has 2 heterocycles. The summed E-state index contributed by atoms with van der Waals surface area (Å²) in [5.41, 5.74) is 8.32. The number of para-hydroxylation sites is 1. The molecule has 4 aromatic rings. The Morgan fingerprint density at radius 1 is 1.02 bits per heavy atom. The van der Waals surface area contributed by atoms with Gasteiger partial charge in [0, 0.05) is 35.8 Å². The van der Waals surface area contributed by atoms with Gasteiger partial charge in [0.25, 0.3) is 11.8 Å². The molecule has 42 heavy (non-hydrogen) atoms. The van der Waals surface area contributed by atoms with E-state index in [4.69, 9.17) is 10.8 Å². The minimum atomic E-state index is -4.62. The maximum absolute atomic E-state index is 14.2. The molecular weight excluding hydrogens is 545 g/mol. The number of hydrogen-bond donors (Lipinski definition) is 2. The summed E-state index contributed by atoms with van der Waals surface area (Å²) in [6.07, 6.45) is -4.62. The van der Waals surface area contributed by atoms with Crippen molar-refractivity contribution in [2.75, 3.05) is 31.3 Å². The number of benzene rings is 3. The first-order valence-electron chi connectivity index (χ1n) is 13.5. The van der Waals surface area contributed by atoms with Crippen LogP contribution in [0.15, 0.2) is 78.9 Å². The smallest absolute Gasteiger partial charge is 0.399 e. The number of nitrogens with zero attached hydrogens (tertiary/aromatic N) is 4. The van der Waals surface area contributed by atoms with Crippen molar-refractivity contribution in [3.05, 3.63) is 107 Å². The largest absolute Gasteiger partial charge is 0.416 e. The van der Waals surface area contributed by atoms with Gasteiger partial charge >= 0.3 is 6.18 Å².